The summed E-state index contributed by atoms with van der Waals surface area (Å²) in [5, 5.41) is 15.9. The van der Waals surface area contributed by atoms with Crippen molar-refractivity contribution in [3.63, 3.8) is 0 Å². The van der Waals surface area contributed by atoms with Crippen molar-refractivity contribution in [3.05, 3.63) is 35.7 Å². The fourth-order valence-electron chi connectivity index (χ4n) is 2.47. The van der Waals surface area contributed by atoms with E-state index in [9.17, 15) is 14.7 Å². The van der Waals surface area contributed by atoms with Crippen LogP contribution in [0.4, 0.5) is 0 Å². The van der Waals surface area contributed by atoms with Crippen molar-refractivity contribution >= 4 is 11.9 Å². The molecule has 1 aliphatic rings. The molecule has 1 saturated carbocycles. The number of carbonyl (C=O) groups is 2. The Labute approximate surface area is 145 Å². The van der Waals surface area contributed by atoms with Gasteiger partial charge in [0.25, 0.3) is 11.8 Å². The Bertz CT molecular complexity index is 816. The highest BCUT2D eigenvalue weighted by atomic mass is 16.5. The van der Waals surface area contributed by atoms with Gasteiger partial charge in [0.05, 0.1) is 16.5 Å². The van der Waals surface area contributed by atoms with Crippen LogP contribution < -0.4 is 5.32 Å². The molecule has 0 saturated heterocycles. The van der Waals surface area contributed by atoms with Crippen molar-refractivity contribution in [3.8, 4) is 11.5 Å². The molecule has 1 aromatic carbocycles. The zero-order valence-corrected chi connectivity index (χ0v) is 14.5. The fraction of sp³-hybridized carbons (Fsp3) is 0.444. The van der Waals surface area contributed by atoms with Crippen LogP contribution in [0, 0.1) is 5.41 Å². The number of aromatic nitrogens is 2. The number of benzene rings is 1. The van der Waals surface area contributed by atoms with Crippen LogP contribution in [0.2, 0.25) is 0 Å². The van der Waals surface area contributed by atoms with Gasteiger partial charge < -0.3 is 14.9 Å². The smallest absolute Gasteiger partial charge is 0.311 e. The molecule has 0 atom stereocenters. The van der Waals surface area contributed by atoms with Gasteiger partial charge in [0.15, 0.2) is 5.82 Å². The molecule has 2 N–H and O–H groups in total. The summed E-state index contributed by atoms with van der Waals surface area (Å²) in [5.41, 5.74) is -0.163. The van der Waals surface area contributed by atoms with E-state index >= 15 is 0 Å². The second-order valence-electron chi connectivity index (χ2n) is 7.49. The second-order valence-corrected chi connectivity index (χ2v) is 7.49. The Morgan fingerprint density at radius 3 is 2.52 bits per heavy atom. The number of carboxylic acids is 1. The molecule has 0 bridgehead atoms. The lowest BCUT2D eigenvalue weighted by atomic mass is 9.96. The van der Waals surface area contributed by atoms with Gasteiger partial charge in [-0.15, -0.1) is 0 Å². The van der Waals surface area contributed by atoms with E-state index < -0.39 is 11.4 Å². The maximum Gasteiger partial charge on any atom is 0.311 e. The second kappa shape index (κ2) is 5.98. The molecule has 0 spiro atoms. The predicted octanol–water partition coefficient (Wildman–Crippen LogP) is 2.63. The molecule has 25 heavy (non-hydrogen) atoms. The Morgan fingerprint density at radius 1 is 1.28 bits per heavy atom. The number of rotatable bonds is 5. The van der Waals surface area contributed by atoms with Crippen LogP contribution in [-0.4, -0.2) is 33.7 Å². The average Bonchev–Trinajstić information content (AvgIpc) is 3.19. The van der Waals surface area contributed by atoms with E-state index in [2.05, 4.69) is 15.5 Å². The van der Waals surface area contributed by atoms with Gasteiger partial charge >= 0.3 is 5.97 Å². The van der Waals surface area contributed by atoms with Gasteiger partial charge in [-0.25, -0.2) is 0 Å². The number of nitrogens with one attached hydrogen (secondary N) is 1. The zero-order valence-electron chi connectivity index (χ0n) is 14.5. The highest BCUT2D eigenvalue weighted by molar-refractivity contribution is 6.00. The summed E-state index contributed by atoms with van der Waals surface area (Å²) in [6.07, 6.45) is 1.17. The van der Waals surface area contributed by atoms with Gasteiger partial charge in [-0.3, -0.25) is 9.59 Å². The molecule has 0 unspecified atom stereocenters. The first kappa shape index (κ1) is 17.1. The molecule has 0 aliphatic heterocycles. The highest BCUT2D eigenvalue weighted by Crippen LogP contribution is 2.45. The number of nitrogens with zero attached hydrogens (tertiary/aromatic N) is 2. The molecular formula is C18H21N3O4. The van der Waals surface area contributed by atoms with Crippen LogP contribution in [0.15, 0.2) is 28.8 Å². The molecule has 132 valence electrons. The summed E-state index contributed by atoms with van der Waals surface area (Å²) in [5.74, 6) is -0.387. The summed E-state index contributed by atoms with van der Waals surface area (Å²) < 4.78 is 5.33. The lowest BCUT2D eigenvalue weighted by Gasteiger charge is -2.12. The van der Waals surface area contributed by atoms with Gasteiger partial charge in [0.1, 0.15) is 0 Å². The first-order valence-corrected chi connectivity index (χ1v) is 8.18. The van der Waals surface area contributed by atoms with Crippen molar-refractivity contribution in [2.24, 2.45) is 5.41 Å². The molecule has 1 aromatic heterocycles. The number of carboxylic acid groups (broad SMARTS) is 1. The largest absolute Gasteiger partial charge is 0.481 e. The first-order valence-electron chi connectivity index (χ1n) is 8.18. The summed E-state index contributed by atoms with van der Waals surface area (Å²) >= 11 is 0. The maximum atomic E-state index is 12.5. The molecule has 2 aromatic rings. The van der Waals surface area contributed by atoms with E-state index in [4.69, 9.17) is 4.52 Å². The van der Waals surface area contributed by atoms with E-state index in [1.165, 1.54) is 0 Å². The van der Waals surface area contributed by atoms with Crippen molar-refractivity contribution in [2.75, 3.05) is 6.54 Å². The SMILES string of the molecule is CC(C)(C)c1noc(-c2ccccc2C(=O)NCC2(C(=O)O)CC2)n1. The average molecular weight is 343 g/mol. The van der Waals surface area contributed by atoms with Gasteiger partial charge in [-0.1, -0.05) is 38.1 Å². The van der Waals surface area contributed by atoms with Crippen LogP contribution in [0.25, 0.3) is 11.5 Å². The fourth-order valence-corrected chi connectivity index (χ4v) is 2.47. The van der Waals surface area contributed by atoms with Crippen molar-refractivity contribution in [1.29, 1.82) is 0 Å². The van der Waals surface area contributed by atoms with Crippen molar-refractivity contribution in [2.45, 2.75) is 39.0 Å². The minimum absolute atomic E-state index is 0.118. The summed E-state index contributed by atoms with van der Waals surface area (Å²) in [7, 11) is 0. The van der Waals surface area contributed by atoms with Crippen LogP contribution in [0.1, 0.15) is 49.8 Å². The van der Waals surface area contributed by atoms with Crippen LogP contribution in [0.5, 0.6) is 0 Å². The Balaban J connectivity index is 1.82. The van der Waals surface area contributed by atoms with Crippen molar-refractivity contribution in [1.82, 2.24) is 15.5 Å². The molecular weight excluding hydrogens is 322 g/mol. The third kappa shape index (κ3) is 3.40. The maximum absolute atomic E-state index is 12.5. The van der Waals surface area contributed by atoms with E-state index in [-0.39, 0.29) is 23.8 Å². The van der Waals surface area contributed by atoms with Crippen LogP contribution in [-0.2, 0) is 10.2 Å². The van der Waals surface area contributed by atoms with Crippen LogP contribution >= 0.6 is 0 Å². The minimum Gasteiger partial charge on any atom is -0.481 e. The van der Waals surface area contributed by atoms with Gasteiger partial charge in [0, 0.05) is 12.0 Å². The summed E-state index contributed by atoms with van der Waals surface area (Å²) in [6, 6.07) is 6.92. The van der Waals surface area contributed by atoms with Crippen LogP contribution in [0.3, 0.4) is 0 Å². The lowest BCUT2D eigenvalue weighted by Crippen LogP contribution is -2.34. The van der Waals surface area contributed by atoms with E-state index in [0.29, 0.717) is 29.8 Å². The van der Waals surface area contributed by atoms with Crippen molar-refractivity contribution < 1.29 is 19.2 Å². The Morgan fingerprint density at radius 2 is 1.96 bits per heavy atom. The summed E-state index contributed by atoms with van der Waals surface area (Å²) in [6.45, 7) is 6.04. The third-order valence-corrected chi connectivity index (χ3v) is 4.39. The topological polar surface area (TPSA) is 105 Å². The highest BCUT2D eigenvalue weighted by Gasteiger charge is 2.50. The molecule has 7 heteroatoms. The molecule has 0 radical (unpaired) electrons. The molecule has 1 fully saturated rings. The lowest BCUT2D eigenvalue weighted by molar-refractivity contribution is -0.143. The van der Waals surface area contributed by atoms with E-state index in [0.717, 1.165) is 0 Å². The third-order valence-electron chi connectivity index (χ3n) is 4.39. The Hall–Kier alpha value is -2.70. The number of amides is 1. The summed E-state index contributed by atoms with van der Waals surface area (Å²) in [4.78, 5) is 28.2. The molecule has 1 amide bonds. The zero-order chi connectivity index (χ0) is 18.2. The van der Waals surface area contributed by atoms with E-state index in [1.807, 2.05) is 20.8 Å². The first-order chi connectivity index (χ1) is 11.7. The number of aliphatic carboxylic acids is 1. The molecule has 1 aliphatic carbocycles. The van der Waals surface area contributed by atoms with Gasteiger partial charge in [0.2, 0.25) is 0 Å². The number of carbonyl (C=O) groups excluding carboxylic acids is 1. The molecule has 7 nitrogen and oxygen atoms in total. The minimum atomic E-state index is -0.868. The standard InChI is InChI=1S/C18H21N3O4/c1-17(2,3)15-20-14(25-21-15)12-7-5-4-6-11(12)13(22)19-10-18(8-9-18)16(23)24/h4-7H,8-10H2,1-3H3,(H,19,22)(H,23,24). The van der Waals surface area contributed by atoms with E-state index in [1.54, 1.807) is 24.3 Å². The quantitative estimate of drug-likeness (QED) is 0.864. The predicted molar refractivity (Wildman–Crippen MR) is 90.1 cm³/mol. The Kier molecular flexibility index (Phi) is 4.10. The molecule has 1 heterocycles. The number of hydrogen-bond donors (Lipinski definition) is 2. The number of hydrogen-bond acceptors (Lipinski definition) is 5. The normalized spacial score (nSPS) is 15.6. The molecule has 3 rings (SSSR count). The van der Waals surface area contributed by atoms with Gasteiger partial charge in [-0.05, 0) is 25.0 Å². The van der Waals surface area contributed by atoms with Gasteiger partial charge in [-0.2, -0.15) is 4.98 Å². The monoisotopic (exact) mass is 343 g/mol.